The summed E-state index contributed by atoms with van der Waals surface area (Å²) >= 11 is 4.59. The van der Waals surface area contributed by atoms with Crippen LogP contribution in [-0.2, 0) is 11.3 Å². The second-order valence-electron chi connectivity index (χ2n) is 3.83. The van der Waals surface area contributed by atoms with Gasteiger partial charge in [-0.25, -0.2) is 0 Å². The molecular formula is C10H11BrF3NO2S. The highest BCUT2D eigenvalue weighted by atomic mass is 79.9. The number of aliphatic carboxylic acids is 1. The number of carbonyl (C=O) groups is 1. The van der Waals surface area contributed by atoms with E-state index in [-0.39, 0.29) is 6.54 Å². The van der Waals surface area contributed by atoms with E-state index < -0.39 is 24.6 Å². The summed E-state index contributed by atoms with van der Waals surface area (Å²) in [6.07, 6.45) is -5.51. The molecule has 18 heavy (non-hydrogen) atoms. The minimum Gasteiger partial charge on any atom is -0.481 e. The van der Waals surface area contributed by atoms with Gasteiger partial charge in [0, 0.05) is 6.54 Å². The van der Waals surface area contributed by atoms with Gasteiger partial charge >= 0.3 is 12.1 Å². The van der Waals surface area contributed by atoms with E-state index >= 15 is 0 Å². The Morgan fingerprint density at radius 3 is 2.61 bits per heavy atom. The molecule has 0 fully saturated rings. The fourth-order valence-electron chi connectivity index (χ4n) is 1.51. The summed E-state index contributed by atoms with van der Waals surface area (Å²) in [5, 5.41) is 10.3. The summed E-state index contributed by atoms with van der Waals surface area (Å²) < 4.78 is 39.0. The lowest BCUT2D eigenvalue weighted by Gasteiger charge is -2.28. The molecule has 0 saturated heterocycles. The number of carboxylic acids is 1. The lowest BCUT2D eigenvalue weighted by Crippen LogP contribution is -2.44. The normalized spacial score (nSPS) is 13.9. The highest BCUT2D eigenvalue weighted by molar-refractivity contribution is 9.11. The van der Waals surface area contributed by atoms with E-state index in [2.05, 4.69) is 15.9 Å². The van der Waals surface area contributed by atoms with Gasteiger partial charge in [0.1, 0.15) is 6.04 Å². The minimum absolute atomic E-state index is 0.0551. The van der Waals surface area contributed by atoms with Gasteiger partial charge in [-0.2, -0.15) is 13.2 Å². The first-order valence-electron chi connectivity index (χ1n) is 4.92. The lowest BCUT2D eigenvalue weighted by molar-refractivity contribution is -0.188. The van der Waals surface area contributed by atoms with Crippen molar-refractivity contribution in [1.82, 2.24) is 4.90 Å². The molecule has 0 aliphatic carbocycles. The maximum Gasteiger partial charge on any atom is 0.404 e. The monoisotopic (exact) mass is 345 g/mol. The fraction of sp³-hybridized carbons (Fsp3) is 0.500. The molecule has 1 unspecified atom stereocenters. The van der Waals surface area contributed by atoms with Gasteiger partial charge in [-0.3, -0.25) is 9.69 Å². The van der Waals surface area contributed by atoms with Crippen molar-refractivity contribution in [2.24, 2.45) is 0 Å². The Kier molecular flexibility index (Phi) is 5.18. The number of halogens is 4. The number of alkyl halides is 3. The van der Waals surface area contributed by atoms with Crippen molar-refractivity contribution in [2.45, 2.75) is 25.2 Å². The zero-order chi connectivity index (χ0) is 13.9. The molecule has 0 aliphatic rings. The van der Waals surface area contributed by atoms with E-state index in [1.807, 2.05) is 0 Å². The summed E-state index contributed by atoms with van der Waals surface area (Å²) in [7, 11) is 1.27. The molecule has 0 spiro atoms. The quantitative estimate of drug-likeness (QED) is 0.889. The molecular weight excluding hydrogens is 335 g/mol. The molecule has 8 heteroatoms. The van der Waals surface area contributed by atoms with Gasteiger partial charge < -0.3 is 5.11 Å². The van der Waals surface area contributed by atoms with Crippen LogP contribution in [0.4, 0.5) is 13.2 Å². The van der Waals surface area contributed by atoms with Crippen molar-refractivity contribution in [3.05, 3.63) is 20.8 Å². The highest BCUT2D eigenvalue weighted by Crippen LogP contribution is 2.29. The van der Waals surface area contributed by atoms with E-state index in [0.29, 0.717) is 5.56 Å². The van der Waals surface area contributed by atoms with Crippen LogP contribution < -0.4 is 0 Å². The maximum absolute atomic E-state index is 12.7. The van der Waals surface area contributed by atoms with E-state index in [4.69, 9.17) is 5.11 Å². The van der Waals surface area contributed by atoms with Crippen LogP contribution in [0.3, 0.4) is 0 Å². The molecule has 102 valence electrons. The number of thiophene rings is 1. The van der Waals surface area contributed by atoms with Gasteiger partial charge in [0.15, 0.2) is 0 Å². The number of hydrogen-bond acceptors (Lipinski definition) is 3. The first-order valence-corrected chi connectivity index (χ1v) is 6.59. The summed E-state index contributed by atoms with van der Waals surface area (Å²) in [6, 6.07) is -0.260. The average molecular weight is 346 g/mol. The Bertz CT molecular complexity index is 422. The van der Waals surface area contributed by atoms with Gasteiger partial charge in [0.25, 0.3) is 0 Å². The summed E-state index contributed by atoms with van der Waals surface area (Å²) in [4.78, 5) is 11.5. The smallest absolute Gasteiger partial charge is 0.404 e. The van der Waals surface area contributed by atoms with Crippen LogP contribution in [0.1, 0.15) is 12.0 Å². The van der Waals surface area contributed by atoms with Gasteiger partial charge in [0.2, 0.25) is 0 Å². The zero-order valence-electron chi connectivity index (χ0n) is 9.37. The molecule has 1 N–H and O–H groups in total. The van der Waals surface area contributed by atoms with Crippen molar-refractivity contribution in [1.29, 1.82) is 0 Å². The topological polar surface area (TPSA) is 40.5 Å². The third-order valence-electron chi connectivity index (χ3n) is 2.33. The van der Waals surface area contributed by atoms with Crippen molar-refractivity contribution in [3.63, 3.8) is 0 Å². The number of hydrogen-bond donors (Lipinski definition) is 1. The summed E-state index contributed by atoms with van der Waals surface area (Å²) in [5.41, 5.74) is 0.717. The molecule has 0 amide bonds. The standard InChI is InChI=1S/C10H11BrF3NO2S/c1-15(4-6-2-8(11)18-5-6)7(3-9(16)17)10(12,13)14/h2,5,7H,3-4H2,1H3,(H,16,17). The minimum atomic E-state index is -4.56. The highest BCUT2D eigenvalue weighted by Gasteiger charge is 2.43. The largest absolute Gasteiger partial charge is 0.481 e. The van der Waals surface area contributed by atoms with Crippen LogP contribution in [0.25, 0.3) is 0 Å². The Hall–Kier alpha value is -0.600. The summed E-state index contributed by atoms with van der Waals surface area (Å²) in [5.74, 6) is -1.46. The predicted octanol–water partition coefficient (Wildman–Crippen LogP) is 3.35. The molecule has 0 saturated carbocycles. The fourth-order valence-corrected chi connectivity index (χ4v) is 2.71. The Balaban J connectivity index is 2.76. The van der Waals surface area contributed by atoms with E-state index in [1.165, 1.54) is 18.4 Å². The Morgan fingerprint density at radius 2 is 2.22 bits per heavy atom. The molecule has 1 aromatic heterocycles. The predicted molar refractivity (Wildman–Crippen MR) is 65.6 cm³/mol. The summed E-state index contributed by atoms with van der Waals surface area (Å²) in [6.45, 7) is 0.0551. The SMILES string of the molecule is CN(Cc1csc(Br)c1)C(CC(=O)O)C(F)(F)F. The van der Waals surface area contributed by atoms with Crippen LogP contribution in [0.15, 0.2) is 15.2 Å². The first-order chi connectivity index (χ1) is 8.20. The average Bonchev–Trinajstić information content (AvgIpc) is 2.58. The van der Waals surface area contributed by atoms with Crippen LogP contribution >= 0.6 is 27.3 Å². The third-order valence-corrected chi connectivity index (χ3v) is 3.88. The third kappa shape index (κ3) is 4.58. The van der Waals surface area contributed by atoms with E-state index in [0.717, 1.165) is 8.69 Å². The molecule has 0 radical (unpaired) electrons. The van der Waals surface area contributed by atoms with E-state index in [1.54, 1.807) is 11.4 Å². The van der Waals surface area contributed by atoms with Crippen LogP contribution in [0.5, 0.6) is 0 Å². The van der Waals surface area contributed by atoms with Crippen LogP contribution in [-0.4, -0.2) is 35.2 Å². The van der Waals surface area contributed by atoms with Gasteiger partial charge in [-0.05, 0) is 40.0 Å². The molecule has 1 atom stereocenters. The van der Waals surface area contributed by atoms with Crippen LogP contribution in [0, 0.1) is 0 Å². The van der Waals surface area contributed by atoms with Gasteiger partial charge in [-0.15, -0.1) is 11.3 Å². The lowest BCUT2D eigenvalue weighted by atomic mass is 10.1. The number of carboxylic acid groups (broad SMARTS) is 1. The second kappa shape index (κ2) is 6.03. The molecule has 1 rings (SSSR count). The zero-order valence-corrected chi connectivity index (χ0v) is 11.8. The Labute approximate surface area is 114 Å². The van der Waals surface area contributed by atoms with Gasteiger partial charge in [-0.1, -0.05) is 0 Å². The molecule has 0 bridgehead atoms. The molecule has 0 aliphatic heterocycles. The number of rotatable bonds is 5. The van der Waals surface area contributed by atoms with Crippen molar-refractivity contribution < 1.29 is 23.1 Å². The van der Waals surface area contributed by atoms with Crippen LogP contribution in [0.2, 0.25) is 0 Å². The van der Waals surface area contributed by atoms with Gasteiger partial charge in [0.05, 0.1) is 10.2 Å². The molecule has 1 aromatic rings. The van der Waals surface area contributed by atoms with Crippen molar-refractivity contribution in [2.75, 3.05) is 7.05 Å². The molecule has 3 nitrogen and oxygen atoms in total. The van der Waals surface area contributed by atoms with Crippen molar-refractivity contribution in [3.8, 4) is 0 Å². The molecule has 1 heterocycles. The maximum atomic E-state index is 12.7. The molecule has 0 aromatic carbocycles. The second-order valence-corrected chi connectivity index (χ2v) is 6.12. The van der Waals surface area contributed by atoms with Crippen molar-refractivity contribution >= 4 is 33.2 Å². The number of nitrogens with zero attached hydrogens (tertiary/aromatic N) is 1. The Morgan fingerprint density at radius 1 is 1.61 bits per heavy atom. The first kappa shape index (κ1) is 15.5. The van der Waals surface area contributed by atoms with E-state index in [9.17, 15) is 18.0 Å².